The van der Waals surface area contributed by atoms with Crippen molar-refractivity contribution in [3.8, 4) is 0 Å². The summed E-state index contributed by atoms with van der Waals surface area (Å²) in [6.45, 7) is 4.43. The molecule has 0 spiro atoms. The number of likely N-dealkylation sites (tertiary alicyclic amines) is 1. The van der Waals surface area contributed by atoms with Crippen LogP contribution in [0.5, 0.6) is 0 Å². The van der Waals surface area contributed by atoms with Gasteiger partial charge in [-0.25, -0.2) is 0 Å². The summed E-state index contributed by atoms with van der Waals surface area (Å²) in [5.74, 6) is 1.47. The first-order valence-electron chi connectivity index (χ1n) is 8.76. The molecule has 0 amide bonds. The Morgan fingerprint density at radius 1 is 1.33 bits per heavy atom. The Labute approximate surface area is 154 Å². The lowest BCUT2D eigenvalue weighted by molar-refractivity contribution is 0.114. The molecule has 2 atom stereocenters. The van der Waals surface area contributed by atoms with Gasteiger partial charge in [0.15, 0.2) is 5.96 Å². The molecule has 0 bridgehead atoms. The van der Waals surface area contributed by atoms with E-state index in [2.05, 4.69) is 15.2 Å². The van der Waals surface area contributed by atoms with E-state index in [1.54, 1.807) is 6.26 Å². The molecule has 2 aliphatic heterocycles. The third-order valence-electron chi connectivity index (χ3n) is 4.67. The van der Waals surface area contributed by atoms with Crippen molar-refractivity contribution in [2.45, 2.75) is 44.2 Å². The maximum atomic E-state index is 6.02. The molecule has 0 aromatic carbocycles. The molecule has 3 rings (SSSR count). The SMILES string of the molecule is Br.NC(=NCC(c1ccco1)N1CCCCC1)NCC1CCCO1. The van der Waals surface area contributed by atoms with Crippen molar-refractivity contribution in [1.82, 2.24) is 10.2 Å². The highest BCUT2D eigenvalue weighted by Gasteiger charge is 2.24. The maximum absolute atomic E-state index is 6.02. The Hall–Kier alpha value is -1.05. The van der Waals surface area contributed by atoms with Crippen molar-refractivity contribution in [1.29, 1.82) is 0 Å². The Balaban J connectivity index is 0.00000208. The van der Waals surface area contributed by atoms with Gasteiger partial charge in [0.25, 0.3) is 0 Å². The topological polar surface area (TPSA) is 76.0 Å². The lowest BCUT2D eigenvalue weighted by atomic mass is 10.1. The Morgan fingerprint density at radius 2 is 2.17 bits per heavy atom. The van der Waals surface area contributed by atoms with Gasteiger partial charge in [0.2, 0.25) is 0 Å². The van der Waals surface area contributed by atoms with Crippen molar-refractivity contribution in [2.75, 3.05) is 32.8 Å². The second-order valence-corrected chi connectivity index (χ2v) is 6.37. The standard InChI is InChI=1S/C17H28N4O2.BrH/c18-17(19-12-14-6-4-10-22-14)20-13-15(16-7-5-11-23-16)21-8-2-1-3-9-21;/h5,7,11,14-15H,1-4,6,8-10,12-13H2,(H3,18,19,20);1H. The Kier molecular flexibility index (Phi) is 8.08. The quantitative estimate of drug-likeness (QED) is 0.566. The molecule has 7 heteroatoms. The van der Waals surface area contributed by atoms with Crippen molar-refractivity contribution < 1.29 is 9.15 Å². The van der Waals surface area contributed by atoms with E-state index in [-0.39, 0.29) is 29.1 Å². The Bertz CT molecular complexity index is 483. The molecular formula is C17H29BrN4O2. The third kappa shape index (κ3) is 5.50. The number of nitrogens with one attached hydrogen (secondary N) is 1. The van der Waals surface area contributed by atoms with Crippen LogP contribution in [0, 0.1) is 0 Å². The van der Waals surface area contributed by atoms with Gasteiger partial charge in [-0.05, 0) is 50.9 Å². The van der Waals surface area contributed by atoms with E-state index >= 15 is 0 Å². The van der Waals surface area contributed by atoms with Crippen LogP contribution in [0.3, 0.4) is 0 Å². The molecule has 0 saturated carbocycles. The number of guanidine groups is 1. The summed E-state index contributed by atoms with van der Waals surface area (Å²) < 4.78 is 11.2. The molecule has 1 aromatic rings. The smallest absolute Gasteiger partial charge is 0.188 e. The van der Waals surface area contributed by atoms with Crippen LogP contribution in [0.1, 0.15) is 43.9 Å². The zero-order chi connectivity index (χ0) is 15.9. The van der Waals surface area contributed by atoms with Crippen LogP contribution >= 0.6 is 17.0 Å². The number of nitrogens with two attached hydrogens (primary N) is 1. The fourth-order valence-electron chi connectivity index (χ4n) is 3.36. The van der Waals surface area contributed by atoms with Gasteiger partial charge in [0.1, 0.15) is 5.76 Å². The molecule has 1 aromatic heterocycles. The van der Waals surface area contributed by atoms with E-state index < -0.39 is 0 Å². The Morgan fingerprint density at radius 3 is 2.83 bits per heavy atom. The van der Waals surface area contributed by atoms with Crippen LogP contribution in [0.4, 0.5) is 0 Å². The minimum atomic E-state index is 0. The fourth-order valence-corrected chi connectivity index (χ4v) is 3.36. The molecule has 2 aliphatic rings. The van der Waals surface area contributed by atoms with E-state index in [0.29, 0.717) is 12.5 Å². The molecule has 2 unspecified atom stereocenters. The lowest BCUT2D eigenvalue weighted by Gasteiger charge is -2.32. The molecule has 2 saturated heterocycles. The van der Waals surface area contributed by atoms with Crippen LogP contribution in [-0.2, 0) is 4.74 Å². The van der Waals surface area contributed by atoms with Gasteiger partial charge in [0, 0.05) is 13.2 Å². The van der Waals surface area contributed by atoms with E-state index in [1.807, 2.05) is 12.1 Å². The van der Waals surface area contributed by atoms with Crippen LogP contribution in [0.25, 0.3) is 0 Å². The van der Waals surface area contributed by atoms with Crippen LogP contribution in [-0.4, -0.2) is 49.7 Å². The number of halogens is 1. The van der Waals surface area contributed by atoms with Crippen LogP contribution in [0.2, 0.25) is 0 Å². The summed E-state index contributed by atoms with van der Waals surface area (Å²) in [5.41, 5.74) is 6.02. The molecule has 2 fully saturated rings. The monoisotopic (exact) mass is 400 g/mol. The molecule has 3 heterocycles. The van der Waals surface area contributed by atoms with E-state index in [0.717, 1.165) is 44.8 Å². The molecule has 3 N–H and O–H groups in total. The van der Waals surface area contributed by atoms with Gasteiger partial charge in [-0.3, -0.25) is 9.89 Å². The van der Waals surface area contributed by atoms with Gasteiger partial charge in [-0.1, -0.05) is 6.42 Å². The summed E-state index contributed by atoms with van der Waals surface area (Å²) in [7, 11) is 0. The summed E-state index contributed by atoms with van der Waals surface area (Å²) in [6, 6.07) is 4.15. The van der Waals surface area contributed by atoms with Gasteiger partial charge in [0.05, 0.1) is 25.0 Å². The zero-order valence-corrected chi connectivity index (χ0v) is 15.9. The number of furan rings is 1. The maximum Gasteiger partial charge on any atom is 0.188 e. The van der Waals surface area contributed by atoms with Crippen LogP contribution in [0.15, 0.2) is 27.8 Å². The number of hydrogen-bond acceptors (Lipinski definition) is 4. The molecule has 6 nitrogen and oxygen atoms in total. The molecule has 24 heavy (non-hydrogen) atoms. The number of nitrogens with zero attached hydrogens (tertiary/aromatic N) is 2. The summed E-state index contributed by atoms with van der Waals surface area (Å²) in [4.78, 5) is 7.00. The normalized spacial score (nSPS) is 23.7. The minimum absolute atomic E-state index is 0. The molecular weight excluding hydrogens is 372 g/mol. The molecule has 0 radical (unpaired) electrons. The van der Waals surface area contributed by atoms with E-state index in [9.17, 15) is 0 Å². The predicted molar refractivity (Wildman–Crippen MR) is 101 cm³/mol. The average Bonchev–Trinajstić information content (AvgIpc) is 3.28. The first-order valence-corrected chi connectivity index (χ1v) is 8.76. The molecule has 136 valence electrons. The fraction of sp³-hybridized carbons (Fsp3) is 0.706. The highest BCUT2D eigenvalue weighted by atomic mass is 79.9. The summed E-state index contributed by atoms with van der Waals surface area (Å²) in [5, 5.41) is 3.18. The number of piperidine rings is 1. The second kappa shape index (κ2) is 10.1. The van der Waals surface area contributed by atoms with Gasteiger partial charge >= 0.3 is 0 Å². The zero-order valence-electron chi connectivity index (χ0n) is 14.2. The summed E-state index contributed by atoms with van der Waals surface area (Å²) >= 11 is 0. The van der Waals surface area contributed by atoms with Gasteiger partial charge < -0.3 is 20.2 Å². The number of rotatable bonds is 6. The third-order valence-corrected chi connectivity index (χ3v) is 4.67. The van der Waals surface area contributed by atoms with E-state index in [4.69, 9.17) is 14.9 Å². The van der Waals surface area contributed by atoms with Crippen LogP contribution < -0.4 is 11.1 Å². The number of aliphatic imine (C=N–C) groups is 1. The van der Waals surface area contributed by atoms with Crippen molar-refractivity contribution in [2.24, 2.45) is 10.7 Å². The first kappa shape index (κ1) is 19.3. The second-order valence-electron chi connectivity index (χ2n) is 6.37. The van der Waals surface area contributed by atoms with Gasteiger partial charge in [-0.15, -0.1) is 17.0 Å². The largest absolute Gasteiger partial charge is 0.468 e. The highest BCUT2D eigenvalue weighted by molar-refractivity contribution is 8.93. The summed E-state index contributed by atoms with van der Waals surface area (Å²) in [6.07, 6.45) is 8.04. The number of ether oxygens (including phenoxy) is 1. The predicted octanol–water partition coefficient (Wildman–Crippen LogP) is 2.47. The number of hydrogen-bond donors (Lipinski definition) is 2. The minimum Gasteiger partial charge on any atom is -0.468 e. The van der Waals surface area contributed by atoms with Gasteiger partial charge in [-0.2, -0.15) is 0 Å². The van der Waals surface area contributed by atoms with Crippen molar-refractivity contribution in [3.63, 3.8) is 0 Å². The highest BCUT2D eigenvalue weighted by Crippen LogP contribution is 2.25. The van der Waals surface area contributed by atoms with E-state index in [1.165, 1.54) is 19.3 Å². The molecule has 0 aliphatic carbocycles. The van der Waals surface area contributed by atoms with Crippen molar-refractivity contribution >= 4 is 22.9 Å². The van der Waals surface area contributed by atoms with Crippen molar-refractivity contribution in [3.05, 3.63) is 24.2 Å². The first-order chi connectivity index (χ1) is 11.3. The average molecular weight is 401 g/mol. The lowest BCUT2D eigenvalue weighted by Crippen LogP contribution is -2.39.